The smallest absolute Gasteiger partial charge is 0.236 e. The summed E-state index contributed by atoms with van der Waals surface area (Å²) in [5, 5.41) is 14.2. The van der Waals surface area contributed by atoms with Gasteiger partial charge < -0.3 is 5.11 Å². The molecule has 5 heteroatoms. The molecule has 0 aliphatic rings. The molecule has 3 N–H and O–H groups in total. The minimum atomic E-state index is -3.83. The van der Waals surface area contributed by atoms with Crippen molar-refractivity contribution in [1.82, 2.24) is 0 Å². The molecule has 0 amide bonds. The third-order valence-corrected chi connectivity index (χ3v) is 3.71. The Bertz CT molecular complexity index is 231. The second-order valence-electron chi connectivity index (χ2n) is 3.30. The van der Waals surface area contributed by atoms with E-state index < -0.39 is 20.9 Å². The van der Waals surface area contributed by atoms with E-state index in [9.17, 15) is 13.5 Å². The van der Waals surface area contributed by atoms with E-state index in [0.29, 0.717) is 12.8 Å². The zero-order valence-corrected chi connectivity index (χ0v) is 8.56. The monoisotopic (exact) mass is 195 g/mol. The van der Waals surface area contributed by atoms with Gasteiger partial charge in [0.25, 0.3) is 0 Å². The average Bonchev–Trinajstić information content (AvgIpc) is 2.00. The van der Waals surface area contributed by atoms with Crippen LogP contribution in [0.1, 0.15) is 33.6 Å². The van der Waals surface area contributed by atoms with Gasteiger partial charge in [-0.3, -0.25) is 0 Å². The van der Waals surface area contributed by atoms with E-state index in [1.807, 2.05) is 13.8 Å². The summed E-state index contributed by atoms with van der Waals surface area (Å²) in [4.78, 5) is 0. The molecule has 0 bridgehead atoms. The Morgan fingerprint density at radius 2 is 1.75 bits per heavy atom. The van der Waals surface area contributed by atoms with Crippen LogP contribution in [0.2, 0.25) is 0 Å². The molecular weight excluding hydrogens is 178 g/mol. The maximum absolute atomic E-state index is 10.8. The molecule has 74 valence electrons. The first-order valence-electron chi connectivity index (χ1n) is 3.97. The second kappa shape index (κ2) is 3.72. The van der Waals surface area contributed by atoms with Crippen molar-refractivity contribution >= 4 is 10.0 Å². The average molecular weight is 195 g/mol. The van der Waals surface area contributed by atoms with Gasteiger partial charge in [-0.05, 0) is 12.8 Å². The number of rotatable bonds is 4. The van der Waals surface area contributed by atoms with Gasteiger partial charge in [0, 0.05) is 5.41 Å². The maximum Gasteiger partial charge on any atom is 0.236 e. The summed E-state index contributed by atoms with van der Waals surface area (Å²) in [6, 6.07) is 0. The lowest BCUT2D eigenvalue weighted by Crippen LogP contribution is -2.41. The van der Waals surface area contributed by atoms with Crippen molar-refractivity contribution in [3.63, 3.8) is 0 Å². The molecule has 0 spiro atoms. The maximum atomic E-state index is 10.8. The van der Waals surface area contributed by atoms with Gasteiger partial charge in [-0.2, -0.15) is 0 Å². The highest BCUT2D eigenvalue weighted by Crippen LogP contribution is 2.31. The molecule has 0 aromatic heterocycles. The van der Waals surface area contributed by atoms with E-state index in [-0.39, 0.29) is 0 Å². The van der Waals surface area contributed by atoms with Crippen molar-refractivity contribution in [3.8, 4) is 0 Å². The fraction of sp³-hybridized carbons (Fsp3) is 1.00. The van der Waals surface area contributed by atoms with Gasteiger partial charge in [0.2, 0.25) is 10.0 Å². The largest absolute Gasteiger partial charge is 0.375 e. The van der Waals surface area contributed by atoms with Crippen molar-refractivity contribution in [2.24, 2.45) is 10.6 Å². The molecule has 0 radical (unpaired) electrons. The van der Waals surface area contributed by atoms with Crippen LogP contribution in [0.3, 0.4) is 0 Å². The van der Waals surface area contributed by atoms with Crippen molar-refractivity contribution in [1.29, 1.82) is 0 Å². The summed E-state index contributed by atoms with van der Waals surface area (Å²) < 4.78 is 21.6. The number of primary sulfonamides is 1. The Kier molecular flexibility index (Phi) is 3.68. The molecule has 0 aliphatic heterocycles. The van der Waals surface area contributed by atoms with Gasteiger partial charge in [0.1, 0.15) is 0 Å². The number of aliphatic hydroxyl groups excluding tert-OH is 1. The highest BCUT2D eigenvalue weighted by molar-refractivity contribution is 7.89. The summed E-state index contributed by atoms with van der Waals surface area (Å²) >= 11 is 0. The third-order valence-electron chi connectivity index (χ3n) is 2.52. The fourth-order valence-corrected chi connectivity index (χ4v) is 2.12. The SMILES string of the molecule is CCC(C)(CC)C(O)S(N)(=O)=O. The molecule has 0 aromatic rings. The summed E-state index contributed by atoms with van der Waals surface area (Å²) in [5.41, 5.74) is -2.09. The topological polar surface area (TPSA) is 80.4 Å². The van der Waals surface area contributed by atoms with Crippen LogP contribution in [0.5, 0.6) is 0 Å². The predicted molar refractivity (Wildman–Crippen MR) is 47.8 cm³/mol. The van der Waals surface area contributed by atoms with Gasteiger partial charge in [0.15, 0.2) is 5.44 Å². The molecule has 0 aromatic carbocycles. The summed E-state index contributed by atoms with van der Waals surface area (Å²) in [6.07, 6.45) is 1.17. The van der Waals surface area contributed by atoms with Gasteiger partial charge >= 0.3 is 0 Å². The van der Waals surface area contributed by atoms with Gasteiger partial charge in [-0.15, -0.1) is 0 Å². The zero-order valence-electron chi connectivity index (χ0n) is 7.74. The van der Waals surface area contributed by atoms with Crippen LogP contribution in [0.15, 0.2) is 0 Å². The standard InChI is InChI=1S/C7H17NO3S/c1-4-7(3,5-2)6(9)12(8,10)11/h6,9H,4-5H2,1-3H3,(H2,8,10,11). The Labute approximate surface area is 73.8 Å². The van der Waals surface area contributed by atoms with Crippen LogP contribution in [-0.2, 0) is 10.0 Å². The van der Waals surface area contributed by atoms with E-state index in [1.54, 1.807) is 6.92 Å². The summed E-state index contributed by atoms with van der Waals surface area (Å²) in [7, 11) is -3.83. The highest BCUT2D eigenvalue weighted by Gasteiger charge is 2.36. The van der Waals surface area contributed by atoms with Crippen LogP contribution in [0.25, 0.3) is 0 Å². The summed E-state index contributed by atoms with van der Waals surface area (Å²) in [5.74, 6) is 0. The normalized spacial score (nSPS) is 16.1. The van der Waals surface area contributed by atoms with Crippen LogP contribution in [-0.4, -0.2) is 19.0 Å². The molecule has 0 fully saturated rings. The molecule has 0 aliphatic carbocycles. The second-order valence-corrected chi connectivity index (χ2v) is 4.93. The lowest BCUT2D eigenvalue weighted by molar-refractivity contribution is 0.0936. The van der Waals surface area contributed by atoms with Crippen molar-refractivity contribution in [2.45, 2.75) is 39.0 Å². The molecule has 0 rings (SSSR count). The highest BCUT2D eigenvalue weighted by atomic mass is 32.2. The Morgan fingerprint density at radius 3 is 1.83 bits per heavy atom. The number of nitrogens with two attached hydrogens (primary N) is 1. The molecule has 0 heterocycles. The Morgan fingerprint density at radius 1 is 1.42 bits per heavy atom. The van der Waals surface area contributed by atoms with E-state index in [2.05, 4.69) is 0 Å². The number of sulfonamides is 1. The van der Waals surface area contributed by atoms with E-state index in [1.165, 1.54) is 0 Å². The Balaban J connectivity index is 4.77. The van der Waals surface area contributed by atoms with Crippen LogP contribution in [0.4, 0.5) is 0 Å². The number of aliphatic hydroxyl groups is 1. The van der Waals surface area contributed by atoms with E-state index >= 15 is 0 Å². The first kappa shape index (κ1) is 11.9. The molecule has 12 heavy (non-hydrogen) atoms. The van der Waals surface area contributed by atoms with Crippen molar-refractivity contribution in [3.05, 3.63) is 0 Å². The number of hydrogen-bond donors (Lipinski definition) is 2. The van der Waals surface area contributed by atoms with Crippen molar-refractivity contribution in [2.75, 3.05) is 0 Å². The third kappa shape index (κ3) is 2.43. The van der Waals surface area contributed by atoms with Gasteiger partial charge in [0.05, 0.1) is 0 Å². The quantitative estimate of drug-likeness (QED) is 0.682. The van der Waals surface area contributed by atoms with E-state index in [0.717, 1.165) is 0 Å². The van der Waals surface area contributed by atoms with Crippen LogP contribution >= 0.6 is 0 Å². The lowest BCUT2D eigenvalue weighted by Gasteiger charge is -2.30. The molecule has 1 unspecified atom stereocenters. The zero-order chi connectivity index (χ0) is 9.99. The van der Waals surface area contributed by atoms with Crippen LogP contribution < -0.4 is 5.14 Å². The minimum Gasteiger partial charge on any atom is -0.375 e. The van der Waals surface area contributed by atoms with E-state index in [4.69, 9.17) is 5.14 Å². The molecule has 0 saturated heterocycles. The van der Waals surface area contributed by atoms with Gasteiger partial charge in [-0.1, -0.05) is 20.8 Å². The first-order chi connectivity index (χ1) is 5.28. The molecular formula is C7H17NO3S. The fourth-order valence-electron chi connectivity index (χ4n) is 0.996. The lowest BCUT2D eigenvalue weighted by atomic mass is 9.85. The molecule has 1 atom stereocenters. The summed E-state index contributed by atoms with van der Waals surface area (Å²) in [6.45, 7) is 5.37. The minimum absolute atomic E-state index is 0.584. The predicted octanol–water partition coefficient (Wildman–Crippen LogP) is 0.420. The number of hydrogen-bond acceptors (Lipinski definition) is 3. The molecule has 4 nitrogen and oxygen atoms in total. The van der Waals surface area contributed by atoms with Crippen molar-refractivity contribution < 1.29 is 13.5 Å². The van der Waals surface area contributed by atoms with Gasteiger partial charge in [-0.25, -0.2) is 13.6 Å². The van der Waals surface area contributed by atoms with Crippen LogP contribution in [0, 0.1) is 5.41 Å². The molecule has 0 saturated carbocycles. The Hall–Kier alpha value is -0.130. The first-order valence-corrected chi connectivity index (χ1v) is 5.58.